The van der Waals surface area contributed by atoms with Crippen molar-refractivity contribution in [3.8, 4) is 5.88 Å². The third-order valence-corrected chi connectivity index (χ3v) is 9.01. The van der Waals surface area contributed by atoms with Crippen LogP contribution < -0.4 is 20.3 Å². The maximum Gasteiger partial charge on any atom is 0.270 e. The molecule has 3 aliphatic rings. The molecule has 5 atom stereocenters. The topological polar surface area (TPSA) is 99.3 Å². The zero-order valence-electron chi connectivity index (χ0n) is 27.0. The smallest absolute Gasteiger partial charge is 0.270 e. The standard InChI is InChI=1S/C33H47FN6O4/c1-20(2)36-31(42)30-26(12-25-8-10-27(34)11-9-25)13-29-32(37-30)44-19-33(7,40(29)24(6)41)39-15-21(3)35-14-28(39)16-38-22(4)17-43-18-23(38)5/h8-11,13,20-23,28,35H,12,14-19H2,1-7H3,(H,36,42)/t21?,22-,23-,28?,33?/m1/s1. The number of anilines is 1. The summed E-state index contributed by atoms with van der Waals surface area (Å²) < 4.78 is 25.9. The third kappa shape index (κ3) is 6.61. The fraction of sp³-hybridized carbons (Fsp3) is 0.606. The van der Waals surface area contributed by atoms with Crippen LogP contribution in [0.25, 0.3) is 0 Å². The summed E-state index contributed by atoms with van der Waals surface area (Å²) in [5.41, 5.74) is 1.41. The van der Waals surface area contributed by atoms with Crippen LogP contribution in [0, 0.1) is 5.82 Å². The molecular weight excluding hydrogens is 563 g/mol. The average molecular weight is 611 g/mol. The van der Waals surface area contributed by atoms with Crippen LogP contribution in [0.4, 0.5) is 10.1 Å². The first-order chi connectivity index (χ1) is 20.9. The highest BCUT2D eigenvalue weighted by molar-refractivity contribution is 5.98. The second kappa shape index (κ2) is 13.1. The fourth-order valence-corrected chi connectivity index (χ4v) is 6.87. The Morgan fingerprint density at radius 3 is 2.48 bits per heavy atom. The summed E-state index contributed by atoms with van der Waals surface area (Å²) in [5.74, 6) is -0.535. The van der Waals surface area contributed by atoms with Crippen LogP contribution in [0.3, 0.4) is 0 Å². The highest BCUT2D eigenvalue weighted by Crippen LogP contribution is 2.41. The molecular formula is C33H47FN6O4. The number of halogens is 1. The van der Waals surface area contributed by atoms with Gasteiger partial charge in [0.2, 0.25) is 11.8 Å². The Morgan fingerprint density at radius 2 is 1.84 bits per heavy atom. The number of nitrogens with zero attached hydrogens (tertiary/aromatic N) is 4. The number of hydrogen-bond donors (Lipinski definition) is 2. The van der Waals surface area contributed by atoms with Crippen LogP contribution in [0.1, 0.15) is 70.1 Å². The minimum absolute atomic E-state index is 0.0968. The predicted octanol–water partition coefficient (Wildman–Crippen LogP) is 3.18. The van der Waals surface area contributed by atoms with Crippen molar-refractivity contribution in [2.75, 3.05) is 44.4 Å². The molecule has 2 aromatic rings. The molecule has 0 spiro atoms. The van der Waals surface area contributed by atoms with Gasteiger partial charge in [0.25, 0.3) is 5.91 Å². The number of carbonyl (C=O) groups excluding carboxylic acids is 2. The number of benzene rings is 1. The summed E-state index contributed by atoms with van der Waals surface area (Å²) in [7, 11) is 0. The van der Waals surface area contributed by atoms with Crippen LogP contribution in [-0.2, 0) is 16.0 Å². The Kier molecular flexibility index (Phi) is 9.60. The minimum Gasteiger partial charge on any atom is -0.472 e. The molecule has 2 N–H and O–H groups in total. The van der Waals surface area contributed by atoms with E-state index in [2.05, 4.69) is 48.1 Å². The molecule has 3 aliphatic heterocycles. The van der Waals surface area contributed by atoms with Gasteiger partial charge in [-0.3, -0.25) is 24.3 Å². The van der Waals surface area contributed by atoms with E-state index in [1.54, 1.807) is 24.0 Å². The molecule has 1 aromatic heterocycles. The van der Waals surface area contributed by atoms with Gasteiger partial charge in [0.05, 0.1) is 13.2 Å². The number of amides is 2. The Hall–Kier alpha value is -3.12. The van der Waals surface area contributed by atoms with Gasteiger partial charge in [-0.25, -0.2) is 9.37 Å². The summed E-state index contributed by atoms with van der Waals surface area (Å²) in [5, 5.41) is 6.58. The van der Waals surface area contributed by atoms with Crippen LogP contribution in [0.2, 0.25) is 0 Å². The highest BCUT2D eigenvalue weighted by Gasteiger charge is 2.50. The number of pyridine rings is 1. The molecule has 2 amide bonds. The highest BCUT2D eigenvalue weighted by atomic mass is 19.1. The van der Waals surface area contributed by atoms with Crippen molar-refractivity contribution in [1.82, 2.24) is 25.4 Å². The molecule has 1 aromatic carbocycles. The fourth-order valence-electron chi connectivity index (χ4n) is 6.87. The van der Waals surface area contributed by atoms with E-state index in [1.807, 2.05) is 19.9 Å². The van der Waals surface area contributed by atoms with E-state index in [0.717, 1.165) is 25.2 Å². The molecule has 0 radical (unpaired) electrons. The molecule has 10 nitrogen and oxygen atoms in total. The number of rotatable bonds is 7. The molecule has 0 aliphatic carbocycles. The van der Waals surface area contributed by atoms with Gasteiger partial charge < -0.3 is 20.1 Å². The first kappa shape index (κ1) is 32.3. The number of morpholine rings is 1. The van der Waals surface area contributed by atoms with Gasteiger partial charge >= 0.3 is 0 Å². The molecule has 0 bridgehead atoms. The number of hydrogen-bond acceptors (Lipinski definition) is 8. The maximum absolute atomic E-state index is 13.7. The van der Waals surface area contributed by atoms with Crippen LogP contribution in [0.15, 0.2) is 30.3 Å². The molecule has 2 fully saturated rings. The predicted molar refractivity (Wildman–Crippen MR) is 168 cm³/mol. The first-order valence-corrected chi connectivity index (χ1v) is 15.7. The van der Waals surface area contributed by atoms with Gasteiger partial charge in [-0.05, 0) is 77.3 Å². The Balaban J connectivity index is 1.55. The van der Waals surface area contributed by atoms with E-state index < -0.39 is 5.66 Å². The zero-order valence-corrected chi connectivity index (χ0v) is 27.0. The van der Waals surface area contributed by atoms with Crippen LogP contribution >= 0.6 is 0 Å². The number of ether oxygens (including phenoxy) is 2. The normalized spacial score (nSPS) is 28.0. The van der Waals surface area contributed by atoms with Gasteiger partial charge in [-0.1, -0.05) is 12.1 Å². The van der Waals surface area contributed by atoms with Gasteiger partial charge in [0.15, 0.2) is 0 Å². The first-order valence-electron chi connectivity index (χ1n) is 15.7. The van der Waals surface area contributed by atoms with Gasteiger partial charge in [0, 0.05) is 56.8 Å². The molecule has 3 unspecified atom stereocenters. The lowest BCUT2D eigenvalue weighted by Gasteiger charge is -2.56. The zero-order chi connectivity index (χ0) is 31.8. The van der Waals surface area contributed by atoms with Crippen molar-refractivity contribution in [2.45, 2.75) is 90.8 Å². The minimum atomic E-state index is -0.810. The van der Waals surface area contributed by atoms with Gasteiger partial charge in [-0.15, -0.1) is 0 Å². The van der Waals surface area contributed by atoms with E-state index in [9.17, 15) is 14.0 Å². The summed E-state index contributed by atoms with van der Waals surface area (Å²) in [6, 6.07) is 8.85. The monoisotopic (exact) mass is 610 g/mol. The number of piperazine rings is 1. The summed E-state index contributed by atoms with van der Waals surface area (Å²) in [6.07, 6.45) is 0.337. The van der Waals surface area contributed by atoms with E-state index >= 15 is 0 Å². The van der Waals surface area contributed by atoms with E-state index in [4.69, 9.17) is 14.5 Å². The van der Waals surface area contributed by atoms with Crippen LogP contribution in [-0.4, -0.2) is 102 Å². The second-order valence-corrected chi connectivity index (χ2v) is 13.2. The van der Waals surface area contributed by atoms with Crippen molar-refractivity contribution in [1.29, 1.82) is 0 Å². The molecule has 5 rings (SSSR count). The Labute approximate surface area is 260 Å². The Morgan fingerprint density at radius 1 is 1.16 bits per heavy atom. The van der Waals surface area contributed by atoms with Crippen molar-refractivity contribution in [3.63, 3.8) is 0 Å². The molecule has 4 heterocycles. The lowest BCUT2D eigenvalue weighted by atomic mass is 9.96. The quantitative estimate of drug-likeness (QED) is 0.494. The van der Waals surface area contributed by atoms with Crippen molar-refractivity contribution in [3.05, 3.63) is 53.0 Å². The number of fused-ring (bicyclic) bond motifs is 1. The third-order valence-electron chi connectivity index (χ3n) is 9.01. The van der Waals surface area contributed by atoms with Crippen LogP contribution in [0.5, 0.6) is 5.88 Å². The molecule has 11 heteroatoms. The van der Waals surface area contributed by atoms with Crippen molar-refractivity contribution in [2.24, 2.45) is 0 Å². The number of carbonyl (C=O) groups is 2. The summed E-state index contributed by atoms with van der Waals surface area (Å²) in [6.45, 7) is 17.9. The van der Waals surface area contributed by atoms with Gasteiger partial charge in [-0.2, -0.15) is 0 Å². The molecule has 44 heavy (non-hydrogen) atoms. The molecule has 2 saturated heterocycles. The lowest BCUT2D eigenvalue weighted by Crippen LogP contribution is -2.74. The largest absolute Gasteiger partial charge is 0.472 e. The SMILES string of the molecule is CC(=O)N1c2cc(Cc3ccc(F)cc3)c(C(=O)NC(C)C)nc2OCC1(C)N1CC(C)NCC1CN1[C@H](C)COC[C@H]1C. The van der Waals surface area contributed by atoms with E-state index in [0.29, 0.717) is 30.9 Å². The summed E-state index contributed by atoms with van der Waals surface area (Å²) in [4.78, 5) is 38.4. The molecule has 240 valence electrons. The van der Waals surface area contributed by atoms with Crippen molar-refractivity contribution >= 4 is 17.5 Å². The van der Waals surface area contributed by atoms with E-state index in [-0.39, 0.29) is 66.0 Å². The second-order valence-electron chi connectivity index (χ2n) is 13.2. The van der Waals surface area contributed by atoms with Crippen molar-refractivity contribution < 1.29 is 23.5 Å². The van der Waals surface area contributed by atoms with Gasteiger partial charge in [0.1, 0.15) is 29.5 Å². The maximum atomic E-state index is 13.7. The average Bonchev–Trinajstić information content (AvgIpc) is 2.96. The molecule has 0 saturated carbocycles. The lowest BCUT2D eigenvalue weighted by molar-refractivity contribution is -0.123. The number of nitrogens with one attached hydrogen (secondary N) is 2. The Bertz CT molecular complexity index is 1350. The number of aromatic nitrogens is 1. The summed E-state index contributed by atoms with van der Waals surface area (Å²) >= 11 is 0. The van der Waals surface area contributed by atoms with E-state index in [1.165, 1.54) is 12.1 Å².